The summed E-state index contributed by atoms with van der Waals surface area (Å²) in [5.74, 6) is 0.521. The lowest BCUT2D eigenvalue weighted by Gasteiger charge is -2.18. The molecule has 0 unspecified atom stereocenters. The molecule has 1 amide bonds. The van der Waals surface area contributed by atoms with E-state index in [0.29, 0.717) is 17.7 Å². The van der Waals surface area contributed by atoms with Gasteiger partial charge in [-0.2, -0.15) is 0 Å². The minimum atomic E-state index is -0.0956. The van der Waals surface area contributed by atoms with Gasteiger partial charge in [-0.25, -0.2) is 9.97 Å². The Morgan fingerprint density at radius 1 is 1.27 bits per heavy atom. The Kier molecular flexibility index (Phi) is 3.06. The standard InChI is InChI=1S/C17H18N4O/c1-11-10-14(16(22)19-13-6-7-13)20-17(18-11)21-9-8-12-4-2-3-5-15(12)21/h2-5,10,13H,6-9H2,1H3,(H,19,22). The number of nitrogens with zero attached hydrogens (tertiary/aromatic N) is 3. The smallest absolute Gasteiger partial charge is 0.270 e. The molecule has 112 valence electrons. The number of nitrogens with one attached hydrogen (secondary N) is 1. The number of aryl methyl sites for hydroxylation is 1. The summed E-state index contributed by atoms with van der Waals surface area (Å²) >= 11 is 0. The summed E-state index contributed by atoms with van der Waals surface area (Å²) in [6.07, 6.45) is 3.13. The first kappa shape index (κ1) is 13.2. The van der Waals surface area contributed by atoms with Crippen molar-refractivity contribution in [3.05, 3.63) is 47.3 Å². The summed E-state index contributed by atoms with van der Waals surface area (Å²) in [5.41, 5.74) is 3.72. The zero-order valence-corrected chi connectivity index (χ0v) is 12.5. The molecule has 4 rings (SSSR count). The average Bonchev–Trinajstić information content (AvgIpc) is 3.22. The van der Waals surface area contributed by atoms with Crippen LogP contribution in [0.1, 0.15) is 34.6 Å². The molecule has 0 radical (unpaired) electrons. The maximum atomic E-state index is 12.2. The van der Waals surface area contributed by atoms with E-state index in [-0.39, 0.29) is 5.91 Å². The third kappa shape index (κ3) is 2.43. The number of carbonyl (C=O) groups excluding carboxylic acids is 1. The first-order valence-corrected chi connectivity index (χ1v) is 7.73. The zero-order chi connectivity index (χ0) is 15.1. The maximum absolute atomic E-state index is 12.2. The van der Waals surface area contributed by atoms with Gasteiger partial charge < -0.3 is 10.2 Å². The van der Waals surface area contributed by atoms with E-state index in [1.807, 2.05) is 19.1 Å². The maximum Gasteiger partial charge on any atom is 0.270 e. The first-order chi connectivity index (χ1) is 10.7. The van der Waals surface area contributed by atoms with Crippen LogP contribution in [0.3, 0.4) is 0 Å². The molecule has 1 saturated carbocycles. The van der Waals surface area contributed by atoms with Crippen LogP contribution in [0.5, 0.6) is 0 Å². The topological polar surface area (TPSA) is 58.1 Å². The summed E-state index contributed by atoms with van der Waals surface area (Å²) in [5, 5.41) is 2.99. The number of para-hydroxylation sites is 1. The molecule has 1 aromatic heterocycles. The normalized spacial score (nSPS) is 16.5. The summed E-state index contributed by atoms with van der Waals surface area (Å²) < 4.78 is 0. The van der Waals surface area contributed by atoms with Crippen molar-refractivity contribution in [2.24, 2.45) is 0 Å². The largest absolute Gasteiger partial charge is 0.348 e. The van der Waals surface area contributed by atoms with Crippen LogP contribution in [0.15, 0.2) is 30.3 Å². The highest BCUT2D eigenvalue weighted by Gasteiger charge is 2.26. The van der Waals surface area contributed by atoms with E-state index in [2.05, 4.69) is 32.3 Å². The summed E-state index contributed by atoms with van der Waals surface area (Å²) in [6.45, 7) is 2.76. The molecule has 2 aliphatic rings. The molecule has 0 spiro atoms. The van der Waals surface area contributed by atoms with Crippen LogP contribution >= 0.6 is 0 Å². The van der Waals surface area contributed by atoms with Gasteiger partial charge in [0.25, 0.3) is 5.91 Å². The Labute approximate surface area is 129 Å². The van der Waals surface area contributed by atoms with Crippen LogP contribution in [0.4, 0.5) is 11.6 Å². The molecule has 1 fully saturated rings. The predicted octanol–water partition coefficient (Wildman–Crippen LogP) is 2.37. The van der Waals surface area contributed by atoms with Crippen molar-refractivity contribution >= 4 is 17.5 Å². The number of anilines is 2. The van der Waals surface area contributed by atoms with Gasteiger partial charge in [-0.05, 0) is 43.9 Å². The number of hydrogen-bond acceptors (Lipinski definition) is 4. The number of aromatic nitrogens is 2. The molecule has 0 atom stereocenters. The second-order valence-corrected chi connectivity index (χ2v) is 5.97. The van der Waals surface area contributed by atoms with Crippen LogP contribution in [-0.4, -0.2) is 28.5 Å². The van der Waals surface area contributed by atoms with Gasteiger partial charge in [0.1, 0.15) is 5.69 Å². The molecule has 1 aliphatic heterocycles. The Bertz CT molecular complexity index is 739. The number of carbonyl (C=O) groups is 1. The number of amides is 1. The van der Waals surface area contributed by atoms with Crippen molar-refractivity contribution in [1.29, 1.82) is 0 Å². The minimum absolute atomic E-state index is 0.0956. The molecule has 0 saturated heterocycles. The molecule has 22 heavy (non-hydrogen) atoms. The van der Waals surface area contributed by atoms with Crippen LogP contribution in [-0.2, 0) is 6.42 Å². The van der Waals surface area contributed by atoms with Crippen molar-refractivity contribution in [3.63, 3.8) is 0 Å². The van der Waals surface area contributed by atoms with E-state index in [0.717, 1.165) is 37.2 Å². The molecule has 1 aromatic carbocycles. The van der Waals surface area contributed by atoms with Gasteiger partial charge in [0.05, 0.1) is 0 Å². The van der Waals surface area contributed by atoms with Gasteiger partial charge in [-0.3, -0.25) is 4.79 Å². The highest BCUT2D eigenvalue weighted by Crippen LogP contribution is 2.32. The second-order valence-electron chi connectivity index (χ2n) is 5.97. The van der Waals surface area contributed by atoms with Crippen molar-refractivity contribution in [2.45, 2.75) is 32.2 Å². The van der Waals surface area contributed by atoms with Gasteiger partial charge in [0.15, 0.2) is 0 Å². The van der Waals surface area contributed by atoms with Gasteiger partial charge in [0.2, 0.25) is 5.95 Å². The predicted molar refractivity (Wildman–Crippen MR) is 84.4 cm³/mol. The number of hydrogen-bond donors (Lipinski definition) is 1. The van der Waals surface area contributed by atoms with Crippen molar-refractivity contribution in [2.75, 3.05) is 11.4 Å². The van der Waals surface area contributed by atoms with Crippen molar-refractivity contribution in [3.8, 4) is 0 Å². The average molecular weight is 294 g/mol. The number of rotatable bonds is 3. The van der Waals surface area contributed by atoms with Gasteiger partial charge >= 0.3 is 0 Å². The van der Waals surface area contributed by atoms with Crippen LogP contribution in [0, 0.1) is 6.92 Å². The van der Waals surface area contributed by atoms with E-state index in [1.165, 1.54) is 5.56 Å². The molecular formula is C17H18N4O. The van der Waals surface area contributed by atoms with E-state index in [4.69, 9.17) is 0 Å². The Morgan fingerprint density at radius 2 is 2.09 bits per heavy atom. The lowest BCUT2D eigenvalue weighted by Crippen LogP contribution is -2.27. The Morgan fingerprint density at radius 3 is 2.91 bits per heavy atom. The highest BCUT2D eigenvalue weighted by molar-refractivity contribution is 5.93. The fourth-order valence-electron chi connectivity index (χ4n) is 2.82. The quantitative estimate of drug-likeness (QED) is 0.944. The lowest BCUT2D eigenvalue weighted by atomic mass is 10.2. The van der Waals surface area contributed by atoms with Crippen molar-refractivity contribution in [1.82, 2.24) is 15.3 Å². The fraction of sp³-hybridized carbons (Fsp3) is 0.353. The van der Waals surface area contributed by atoms with E-state index < -0.39 is 0 Å². The van der Waals surface area contributed by atoms with E-state index in [1.54, 1.807) is 6.07 Å². The lowest BCUT2D eigenvalue weighted by molar-refractivity contribution is 0.0946. The van der Waals surface area contributed by atoms with E-state index >= 15 is 0 Å². The van der Waals surface area contributed by atoms with Gasteiger partial charge in [0, 0.05) is 24.0 Å². The molecule has 5 heteroatoms. The first-order valence-electron chi connectivity index (χ1n) is 7.73. The summed E-state index contributed by atoms with van der Waals surface area (Å²) in [7, 11) is 0. The molecule has 1 N–H and O–H groups in total. The molecule has 2 aromatic rings. The highest BCUT2D eigenvalue weighted by atomic mass is 16.2. The number of benzene rings is 1. The molecule has 0 bridgehead atoms. The summed E-state index contributed by atoms with van der Waals surface area (Å²) in [6, 6.07) is 10.4. The van der Waals surface area contributed by atoms with Crippen molar-refractivity contribution < 1.29 is 4.79 Å². The fourth-order valence-corrected chi connectivity index (χ4v) is 2.82. The zero-order valence-electron chi connectivity index (χ0n) is 12.5. The van der Waals surface area contributed by atoms with E-state index in [9.17, 15) is 4.79 Å². The minimum Gasteiger partial charge on any atom is -0.348 e. The van der Waals surface area contributed by atoms with Gasteiger partial charge in [-0.1, -0.05) is 18.2 Å². The molecule has 5 nitrogen and oxygen atoms in total. The third-order valence-corrected chi connectivity index (χ3v) is 4.12. The van der Waals surface area contributed by atoms with Crippen LogP contribution in [0.2, 0.25) is 0 Å². The van der Waals surface area contributed by atoms with Crippen LogP contribution in [0.25, 0.3) is 0 Å². The monoisotopic (exact) mass is 294 g/mol. The van der Waals surface area contributed by atoms with Gasteiger partial charge in [-0.15, -0.1) is 0 Å². The molecule has 1 aliphatic carbocycles. The Hall–Kier alpha value is -2.43. The molecule has 2 heterocycles. The molecular weight excluding hydrogens is 276 g/mol. The summed E-state index contributed by atoms with van der Waals surface area (Å²) in [4.78, 5) is 23.4. The van der Waals surface area contributed by atoms with Crippen LogP contribution < -0.4 is 10.2 Å². The number of fused-ring (bicyclic) bond motifs is 1. The third-order valence-electron chi connectivity index (χ3n) is 4.12. The Balaban J connectivity index is 1.67. The SMILES string of the molecule is Cc1cc(C(=O)NC2CC2)nc(N2CCc3ccccc32)n1. The second kappa shape index (κ2) is 5.09.